The summed E-state index contributed by atoms with van der Waals surface area (Å²) in [6, 6.07) is 19.9. The van der Waals surface area contributed by atoms with Crippen LogP contribution in [-0.4, -0.2) is 0 Å². The van der Waals surface area contributed by atoms with Crippen molar-refractivity contribution in [2.24, 2.45) is 5.41 Å². The van der Waals surface area contributed by atoms with Gasteiger partial charge in [-0.25, -0.2) is 0 Å². The molecular weight excluding hydrogens is 392 g/mol. The van der Waals surface area contributed by atoms with Gasteiger partial charge in [-0.3, -0.25) is 0 Å². The lowest BCUT2D eigenvalue weighted by Crippen LogP contribution is -2.22. The van der Waals surface area contributed by atoms with Crippen molar-refractivity contribution in [3.8, 4) is 12.1 Å². The fourth-order valence-corrected chi connectivity index (χ4v) is 2.68. The zero-order valence-electron chi connectivity index (χ0n) is 11.2. The maximum absolute atomic E-state index is 9.52. The first-order valence-corrected chi connectivity index (χ1v) is 7.97. The third-order valence-electron chi connectivity index (χ3n) is 3.27. The highest BCUT2D eigenvalue weighted by Gasteiger charge is 2.30. The van der Waals surface area contributed by atoms with Crippen molar-refractivity contribution in [2.45, 2.75) is 12.8 Å². The van der Waals surface area contributed by atoms with E-state index in [1.54, 1.807) is 0 Å². The molecule has 0 saturated heterocycles. The quantitative estimate of drug-likeness (QED) is 0.718. The molecule has 0 aromatic heterocycles. The molecule has 0 bridgehead atoms. The average Bonchev–Trinajstić information content (AvgIpc) is 2.51. The van der Waals surface area contributed by atoms with Crippen LogP contribution in [-0.2, 0) is 12.8 Å². The molecule has 0 atom stereocenters. The maximum atomic E-state index is 9.52. The van der Waals surface area contributed by atoms with Gasteiger partial charge in [0.15, 0.2) is 5.41 Å². The van der Waals surface area contributed by atoms with Crippen LogP contribution in [0.2, 0.25) is 0 Å². The van der Waals surface area contributed by atoms with Gasteiger partial charge in [-0.2, -0.15) is 10.5 Å². The maximum Gasteiger partial charge on any atom is 0.151 e. The summed E-state index contributed by atoms with van der Waals surface area (Å²) >= 11 is 6.77. The van der Waals surface area contributed by atoms with E-state index in [0.29, 0.717) is 12.8 Å². The van der Waals surface area contributed by atoms with Crippen LogP contribution in [0.4, 0.5) is 0 Å². The van der Waals surface area contributed by atoms with Gasteiger partial charge in [-0.15, -0.1) is 0 Å². The van der Waals surface area contributed by atoms with Gasteiger partial charge in [0.25, 0.3) is 0 Å². The lowest BCUT2D eigenvalue weighted by Gasteiger charge is -2.19. The van der Waals surface area contributed by atoms with Crippen molar-refractivity contribution in [1.29, 1.82) is 10.5 Å². The minimum atomic E-state index is -1.04. The molecule has 0 heterocycles. The van der Waals surface area contributed by atoms with E-state index >= 15 is 0 Å². The Balaban J connectivity index is 2.24. The van der Waals surface area contributed by atoms with Gasteiger partial charge in [0, 0.05) is 21.8 Å². The normalized spacial score (nSPS) is 10.7. The Labute approximate surface area is 141 Å². The highest BCUT2D eigenvalue weighted by atomic mass is 79.9. The second-order valence-electron chi connectivity index (χ2n) is 4.91. The van der Waals surface area contributed by atoms with Crippen LogP contribution >= 0.6 is 31.9 Å². The minimum absolute atomic E-state index is 0.420. The van der Waals surface area contributed by atoms with Crippen molar-refractivity contribution < 1.29 is 0 Å². The van der Waals surface area contributed by atoms with E-state index in [1.807, 2.05) is 48.5 Å². The van der Waals surface area contributed by atoms with Crippen LogP contribution in [0.15, 0.2) is 57.5 Å². The summed E-state index contributed by atoms with van der Waals surface area (Å²) in [6.07, 6.45) is 0.840. The zero-order chi connectivity index (χ0) is 15.3. The van der Waals surface area contributed by atoms with Crippen LogP contribution < -0.4 is 0 Å². The largest absolute Gasteiger partial charge is 0.197 e. The summed E-state index contributed by atoms with van der Waals surface area (Å²) < 4.78 is 1.97. The van der Waals surface area contributed by atoms with Crippen molar-refractivity contribution in [3.63, 3.8) is 0 Å². The molecule has 0 aliphatic carbocycles. The van der Waals surface area contributed by atoms with E-state index in [-0.39, 0.29) is 0 Å². The molecule has 0 aliphatic heterocycles. The molecule has 2 rings (SSSR count). The van der Waals surface area contributed by atoms with Gasteiger partial charge in [0.2, 0.25) is 0 Å². The molecule has 2 aromatic rings. The number of nitrogens with zero attached hydrogens (tertiary/aromatic N) is 2. The Morgan fingerprint density at radius 3 is 1.33 bits per heavy atom. The van der Waals surface area contributed by atoms with Gasteiger partial charge in [-0.1, -0.05) is 56.1 Å². The van der Waals surface area contributed by atoms with Crippen molar-refractivity contribution in [2.75, 3.05) is 0 Å². The molecule has 0 spiro atoms. The van der Waals surface area contributed by atoms with Crippen molar-refractivity contribution >= 4 is 31.9 Å². The van der Waals surface area contributed by atoms with E-state index in [9.17, 15) is 10.5 Å². The molecule has 0 N–H and O–H groups in total. The molecule has 0 aliphatic rings. The SMILES string of the molecule is N#CC(C#N)(Cc1ccc(Br)cc1)Cc1ccc(Br)cc1. The summed E-state index contributed by atoms with van der Waals surface area (Å²) in [5, 5.41) is 19.0. The monoisotopic (exact) mass is 402 g/mol. The Kier molecular flexibility index (Phi) is 5.17. The lowest BCUT2D eigenvalue weighted by atomic mass is 9.79. The van der Waals surface area contributed by atoms with E-state index in [4.69, 9.17) is 0 Å². The van der Waals surface area contributed by atoms with Crippen molar-refractivity contribution in [1.82, 2.24) is 0 Å². The van der Waals surface area contributed by atoms with Crippen LogP contribution in [0.25, 0.3) is 0 Å². The number of halogens is 2. The molecule has 0 radical (unpaired) electrons. The Morgan fingerprint density at radius 2 is 1.05 bits per heavy atom. The summed E-state index contributed by atoms with van der Waals surface area (Å²) in [5.41, 5.74) is 0.929. The first kappa shape index (κ1) is 15.8. The van der Waals surface area contributed by atoms with Gasteiger partial charge in [-0.05, 0) is 35.4 Å². The van der Waals surface area contributed by atoms with Gasteiger partial charge >= 0.3 is 0 Å². The topological polar surface area (TPSA) is 47.6 Å². The second kappa shape index (κ2) is 6.89. The van der Waals surface area contributed by atoms with Crippen LogP contribution in [0.1, 0.15) is 11.1 Å². The molecular formula is C17H12Br2N2. The number of nitriles is 2. The second-order valence-corrected chi connectivity index (χ2v) is 6.74. The standard InChI is InChI=1S/C17H12Br2N2/c18-15-5-1-13(2-6-15)9-17(11-20,12-21)10-14-3-7-16(19)8-4-14/h1-8H,9-10H2. The smallest absolute Gasteiger partial charge is 0.151 e. The number of hydrogen-bond acceptors (Lipinski definition) is 2. The van der Waals surface area contributed by atoms with Gasteiger partial charge in [0.05, 0.1) is 12.1 Å². The Hall–Kier alpha value is -1.62. The van der Waals surface area contributed by atoms with E-state index < -0.39 is 5.41 Å². The molecule has 104 valence electrons. The lowest BCUT2D eigenvalue weighted by molar-refractivity contribution is 0.515. The fourth-order valence-electron chi connectivity index (χ4n) is 2.15. The van der Waals surface area contributed by atoms with Gasteiger partial charge in [0.1, 0.15) is 0 Å². The molecule has 2 nitrogen and oxygen atoms in total. The number of rotatable bonds is 4. The summed E-state index contributed by atoms with van der Waals surface area (Å²) in [4.78, 5) is 0. The highest BCUT2D eigenvalue weighted by Crippen LogP contribution is 2.28. The van der Waals surface area contributed by atoms with Crippen LogP contribution in [0, 0.1) is 28.1 Å². The molecule has 2 aromatic carbocycles. The zero-order valence-corrected chi connectivity index (χ0v) is 14.4. The average molecular weight is 404 g/mol. The third-order valence-corrected chi connectivity index (χ3v) is 4.32. The minimum Gasteiger partial charge on any atom is -0.197 e. The summed E-state index contributed by atoms with van der Waals surface area (Å²) in [7, 11) is 0. The molecule has 0 fully saturated rings. The molecule has 0 unspecified atom stereocenters. The molecule has 21 heavy (non-hydrogen) atoms. The number of benzene rings is 2. The number of hydrogen-bond donors (Lipinski definition) is 0. The Morgan fingerprint density at radius 1 is 0.714 bits per heavy atom. The van der Waals surface area contributed by atoms with Crippen LogP contribution in [0.3, 0.4) is 0 Å². The van der Waals surface area contributed by atoms with E-state index in [1.165, 1.54) is 0 Å². The van der Waals surface area contributed by atoms with E-state index in [2.05, 4.69) is 44.0 Å². The highest BCUT2D eigenvalue weighted by molar-refractivity contribution is 9.10. The molecule has 0 saturated carbocycles. The van der Waals surface area contributed by atoms with Gasteiger partial charge < -0.3 is 0 Å². The third kappa shape index (κ3) is 4.17. The first-order valence-electron chi connectivity index (χ1n) is 6.38. The Bertz CT molecular complexity index is 628. The first-order chi connectivity index (χ1) is 10.1. The predicted molar refractivity (Wildman–Crippen MR) is 89.4 cm³/mol. The molecule has 0 amide bonds. The molecule has 4 heteroatoms. The van der Waals surface area contributed by atoms with E-state index in [0.717, 1.165) is 20.1 Å². The predicted octanol–water partition coefficient (Wildman–Crippen LogP) is 5.03. The summed E-state index contributed by atoms with van der Waals surface area (Å²) in [5.74, 6) is 0. The van der Waals surface area contributed by atoms with Crippen LogP contribution in [0.5, 0.6) is 0 Å². The fraction of sp³-hybridized carbons (Fsp3) is 0.176. The summed E-state index contributed by atoms with van der Waals surface area (Å²) in [6.45, 7) is 0. The van der Waals surface area contributed by atoms with Crippen molar-refractivity contribution in [3.05, 3.63) is 68.6 Å².